The zero-order chi connectivity index (χ0) is 13.8. The number of nitrogens with zero attached hydrogens (tertiary/aromatic N) is 3. The van der Waals surface area contributed by atoms with Crippen LogP contribution >= 0.6 is 0 Å². The van der Waals surface area contributed by atoms with E-state index in [1.165, 1.54) is 11.1 Å². The van der Waals surface area contributed by atoms with Gasteiger partial charge in [0.15, 0.2) is 0 Å². The minimum Gasteiger partial charge on any atom is -0.480 e. The number of hydrogen-bond acceptors (Lipinski definition) is 4. The van der Waals surface area contributed by atoms with Crippen LogP contribution in [0.1, 0.15) is 16.8 Å². The summed E-state index contributed by atoms with van der Waals surface area (Å²) in [6, 6.07) is 12.6. The first-order valence-corrected chi connectivity index (χ1v) is 7.01. The van der Waals surface area contributed by atoms with Crippen molar-refractivity contribution in [2.24, 2.45) is 0 Å². The molecule has 0 fully saturated rings. The summed E-state index contributed by atoms with van der Waals surface area (Å²) in [4.78, 5) is 2.48. The molecule has 3 rings (SSSR count). The normalized spacial score (nSPS) is 15.4. The SMILES string of the molecule is COc1cc2c(nn1)CCN(Cc1ccccc1)CC2. The largest absolute Gasteiger partial charge is 0.480 e. The number of hydrogen-bond donors (Lipinski definition) is 0. The first kappa shape index (κ1) is 13.1. The van der Waals surface area contributed by atoms with Crippen LogP contribution in [0.5, 0.6) is 5.88 Å². The minimum atomic E-state index is 0.611. The van der Waals surface area contributed by atoms with Gasteiger partial charge in [0.25, 0.3) is 0 Å². The molecule has 1 aliphatic rings. The Hall–Kier alpha value is -1.94. The maximum atomic E-state index is 5.16. The quantitative estimate of drug-likeness (QED) is 0.855. The van der Waals surface area contributed by atoms with Gasteiger partial charge in [-0.25, -0.2) is 0 Å². The first-order chi connectivity index (χ1) is 9.85. The van der Waals surface area contributed by atoms with Gasteiger partial charge in [0.05, 0.1) is 12.8 Å². The van der Waals surface area contributed by atoms with Crippen LogP contribution in [0.15, 0.2) is 36.4 Å². The first-order valence-electron chi connectivity index (χ1n) is 7.01. The van der Waals surface area contributed by atoms with Crippen molar-refractivity contribution in [2.45, 2.75) is 19.4 Å². The number of ether oxygens (including phenoxy) is 1. The number of fused-ring (bicyclic) bond motifs is 1. The Morgan fingerprint density at radius 2 is 1.90 bits per heavy atom. The van der Waals surface area contributed by atoms with Gasteiger partial charge in [-0.1, -0.05) is 30.3 Å². The van der Waals surface area contributed by atoms with E-state index in [-0.39, 0.29) is 0 Å². The van der Waals surface area contributed by atoms with Crippen molar-refractivity contribution in [3.05, 3.63) is 53.2 Å². The Balaban J connectivity index is 1.69. The number of rotatable bonds is 3. The lowest BCUT2D eigenvalue weighted by Crippen LogP contribution is -2.25. The van der Waals surface area contributed by atoms with Gasteiger partial charge >= 0.3 is 0 Å². The Kier molecular flexibility index (Phi) is 3.92. The molecule has 4 heteroatoms. The van der Waals surface area contributed by atoms with Crippen molar-refractivity contribution in [1.82, 2.24) is 15.1 Å². The molecule has 0 radical (unpaired) electrons. The van der Waals surface area contributed by atoms with E-state index in [1.54, 1.807) is 7.11 Å². The Labute approximate surface area is 119 Å². The zero-order valence-corrected chi connectivity index (χ0v) is 11.7. The fourth-order valence-electron chi connectivity index (χ4n) is 2.62. The predicted molar refractivity (Wildman–Crippen MR) is 77.7 cm³/mol. The van der Waals surface area contributed by atoms with E-state index in [0.29, 0.717) is 5.88 Å². The smallest absolute Gasteiger partial charge is 0.233 e. The predicted octanol–water partition coefficient (Wildman–Crippen LogP) is 2.09. The van der Waals surface area contributed by atoms with Crippen LogP contribution in [0.3, 0.4) is 0 Å². The van der Waals surface area contributed by atoms with Gasteiger partial charge in [-0.3, -0.25) is 4.90 Å². The molecule has 0 saturated carbocycles. The maximum Gasteiger partial charge on any atom is 0.233 e. The minimum absolute atomic E-state index is 0.611. The summed E-state index contributed by atoms with van der Waals surface area (Å²) in [6.07, 6.45) is 1.97. The summed E-state index contributed by atoms with van der Waals surface area (Å²) in [5, 5.41) is 8.36. The third kappa shape index (κ3) is 2.96. The van der Waals surface area contributed by atoms with Crippen LogP contribution in [0.2, 0.25) is 0 Å². The third-order valence-corrected chi connectivity index (χ3v) is 3.76. The highest BCUT2D eigenvalue weighted by Crippen LogP contribution is 2.18. The highest BCUT2D eigenvalue weighted by atomic mass is 16.5. The van der Waals surface area contributed by atoms with Crippen LogP contribution in [0.25, 0.3) is 0 Å². The van der Waals surface area contributed by atoms with Gasteiger partial charge in [-0.2, -0.15) is 5.10 Å². The Morgan fingerprint density at radius 3 is 2.70 bits per heavy atom. The van der Waals surface area contributed by atoms with E-state index in [1.807, 2.05) is 6.07 Å². The number of benzene rings is 1. The van der Waals surface area contributed by atoms with E-state index in [2.05, 4.69) is 45.4 Å². The second-order valence-corrected chi connectivity index (χ2v) is 5.12. The van der Waals surface area contributed by atoms with Crippen molar-refractivity contribution in [3.8, 4) is 5.88 Å². The Morgan fingerprint density at radius 1 is 1.10 bits per heavy atom. The summed E-state index contributed by atoms with van der Waals surface area (Å²) >= 11 is 0. The van der Waals surface area contributed by atoms with E-state index in [0.717, 1.165) is 38.2 Å². The molecule has 1 aliphatic heterocycles. The van der Waals surface area contributed by atoms with E-state index < -0.39 is 0 Å². The fraction of sp³-hybridized carbons (Fsp3) is 0.375. The van der Waals surface area contributed by atoms with E-state index in [4.69, 9.17) is 4.74 Å². The topological polar surface area (TPSA) is 38.3 Å². The molecule has 0 aliphatic carbocycles. The van der Waals surface area contributed by atoms with Crippen LogP contribution in [0, 0.1) is 0 Å². The molecule has 104 valence electrons. The summed E-state index contributed by atoms with van der Waals surface area (Å²) in [6.45, 7) is 3.08. The fourth-order valence-corrected chi connectivity index (χ4v) is 2.62. The van der Waals surface area contributed by atoms with Gasteiger partial charge in [0.1, 0.15) is 0 Å². The van der Waals surface area contributed by atoms with Crippen LogP contribution in [-0.2, 0) is 19.4 Å². The maximum absolute atomic E-state index is 5.16. The van der Waals surface area contributed by atoms with E-state index in [9.17, 15) is 0 Å². The highest BCUT2D eigenvalue weighted by Gasteiger charge is 2.16. The van der Waals surface area contributed by atoms with Gasteiger partial charge in [-0.05, 0) is 17.5 Å². The molecule has 0 spiro atoms. The summed E-state index contributed by atoms with van der Waals surface area (Å²) in [7, 11) is 1.63. The summed E-state index contributed by atoms with van der Waals surface area (Å²) in [5.41, 5.74) is 3.75. The molecular formula is C16H19N3O. The van der Waals surface area contributed by atoms with Crippen LogP contribution in [0.4, 0.5) is 0 Å². The second kappa shape index (κ2) is 6.01. The molecular weight excluding hydrogens is 250 g/mol. The third-order valence-electron chi connectivity index (χ3n) is 3.76. The molecule has 0 atom stereocenters. The molecule has 0 bridgehead atoms. The zero-order valence-electron chi connectivity index (χ0n) is 11.7. The van der Waals surface area contributed by atoms with Crippen molar-refractivity contribution >= 4 is 0 Å². The Bertz CT molecular complexity index is 571. The van der Waals surface area contributed by atoms with Crippen LogP contribution < -0.4 is 4.74 Å². The average Bonchev–Trinajstić information content (AvgIpc) is 2.70. The molecule has 1 aromatic carbocycles. The average molecular weight is 269 g/mol. The highest BCUT2D eigenvalue weighted by molar-refractivity contribution is 5.26. The molecule has 0 N–H and O–H groups in total. The molecule has 4 nitrogen and oxygen atoms in total. The van der Waals surface area contributed by atoms with Crippen LogP contribution in [-0.4, -0.2) is 35.3 Å². The summed E-state index contributed by atoms with van der Waals surface area (Å²) < 4.78 is 5.16. The van der Waals surface area contributed by atoms with Gasteiger partial charge in [-0.15, -0.1) is 5.10 Å². The van der Waals surface area contributed by atoms with Gasteiger partial charge in [0.2, 0.25) is 5.88 Å². The van der Waals surface area contributed by atoms with Crippen molar-refractivity contribution in [2.75, 3.05) is 20.2 Å². The van der Waals surface area contributed by atoms with Gasteiger partial charge in [0, 0.05) is 32.1 Å². The molecule has 0 unspecified atom stereocenters. The van der Waals surface area contributed by atoms with Gasteiger partial charge < -0.3 is 4.74 Å². The molecule has 0 saturated heterocycles. The molecule has 20 heavy (non-hydrogen) atoms. The number of aromatic nitrogens is 2. The lowest BCUT2D eigenvalue weighted by atomic mass is 10.1. The lowest BCUT2D eigenvalue weighted by molar-refractivity contribution is 0.279. The standard InChI is InChI=1S/C16H19N3O/c1-20-16-11-14-7-9-19(10-8-15(14)17-18-16)12-13-5-3-2-4-6-13/h2-6,11H,7-10,12H2,1H3. The monoisotopic (exact) mass is 269 g/mol. The van der Waals surface area contributed by atoms with E-state index >= 15 is 0 Å². The molecule has 2 aromatic rings. The lowest BCUT2D eigenvalue weighted by Gasteiger charge is -2.19. The second-order valence-electron chi connectivity index (χ2n) is 5.12. The van der Waals surface area contributed by atoms with Crippen molar-refractivity contribution in [1.29, 1.82) is 0 Å². The molecule has 0 amide bonds. The molecule has 2 heterocycles. The number of methoxy groups -OCH3 is 1. The van der Waals surface area contributed by atoms with Crippen molar-refractivity contribution in [3.63, 3.8) is 0 Å². The summed E-state index contributed by atoms with van der Waals surface area (Å²) in [5.74, 6) is 0.611. The molecule has 1 aromatic heterocycles. The van der Waals surface area contributed by atoms with Crippen molar-refractivity contribution < 1.29 is 4.74 Å².